The molecule has 2 N–H and O–H groups in total. The third-order valence-corrected chi connectivity index (χ3v) is 3.56. The van der Waals surface area contributed by atoms with E-state index in [1.165, 1.54) is 6.42 Å². The van der Waals surface area contributed by atoms with Crippen molar-refractivity contribution in [1.29, 1.82) is 0 Å². The zero-order valence-electron chi connectivity index (χ0n) is 11.7. The normalized spacial score (nSPS) is 18.8. The third kappa shape index (κ3) is 2.59. The van der Waals surface area contributed by atoms with Gasteiger partial charge in [0.25, 0.3) is 5.89 Å². The predicted octanol–water partition coefficient (Wildman–Crippen LogP) is 1.21. The van der Waals surface area contributed by atoms with Gasteiger partial charge in [0.15, 0.2) is 5.82 Å². The van der Waals surface area contributed by atoms with Gasteiger partial charge in [-0.1, -0.05) is 5.16 Å². The summed E-state index contributed by atoms with van der Waals surface area (Å²) in [5, 5.41) is 8.04. The van der Waals surface area contributed by atoms with E-state index in [1.807, 2.05) is 20.2 Å². The molecule has 0 aromatic carbocycles. The lowest BCUT2D eigenvalue weighted by molar-refractivity contribution is -0.0222. The molecule has 2 heterocycles. The molecule has 1 fully saturated rings. The van der Waals surface area contributed by atoms with Gasteiger partial charge in [0.1, 0.15) is 5.54 Å². The highest BCUT2D eigenvalue weighted by Gasteiger charge is 2.30. The Kier molecular flexibility index (Phi) is 3.31. The second kappa shape index (κ2) is 4.99. The van der Waals surface area contributed by atoms with E-state index in [0.29, 0.717) is 24.4 Å². The van der Waals surface area contributed by atoms with Gasteiger partial charge < -0.3 is 15.0 Å². The van der Waals surface area contributed by atoms with Gasteiger partial charge in [-0.3, -0.25) is 4.68 Å². The van der Waals surface area contributed by atoms with E-state index in [4.69, 9.17) is 15.0 Å². The van der Waals surface area contributed by atoms with Crippen LogP contribution in [-0.4, -0.2) is 32.6 Å². The lowest BCUT2D eigenvalue weighted by atomic mass is 9.95. The maximum atomic E-state index is 6.23. The van der Waals surface area contributed by atoms with E-state index >= 15 is 0 Å². The molecule has 0 amide bonds. The van der Waals surface area contributed by atoms with Crippen LogP contribution in [0.2, 0.25) is 0 Å². The molecule has 0 saturated heterocycles. The number of aromatic nitrogens is 4. The van der Waals surface area contributed by atoms with E-state index < -0.39 is 5.54 Å². The van der Waals surface area contributed by atoms with Crippen molar-refractivity contribution in [2.75, 3.05) is 6.61 Å². The van der Waals surface area contributed by atoms with Crippen molar-refractivity contribution >= 4 is 0 Å². The van der Waals surface area contributed by atoms with Crippen LogP contribution in [0.25, 0.3) is 11.5 Å². The van der Waals surface area contributed by atoms with Crippen molar-refractivity contribution in [3.8, 4) is 11.5 Å². The molecule has 0 spiro atoms. The van der Waals surface area contributed by atoms with Crippen LogP contribution in [0.1, 0.15) is 32.0 Å². The fourth-order valence-electron chi connectivity index (χ4n) is 2.00. The maximum absolute atomic E-state index is 6.23. The first-order valence-electron chi connectivity index (χ1n) is 6.78. The highest BCUT2D eigenvalue weighted by molar-refractivity contribution is 5.49. The van der Waals surface area contributed by atoms with Crippen molar-refractivity contribution in [2.24, 2.45) is 12.8 Å². The molecule has 7 heteroatoms. The Bertz CT molecular complexity index is 585. The SMILES string of the molecule is Cn1cc(-c2nc(C(C)(N)COC3CCC3)no2)cn1. The number of nitrogens with two attached hydrogens (primary N) is 1. The Labute approximate surface area is 117 Å². The van der Waals surface area contributed by atoms with Gasteiger partial charge in [-0.2, -0.15) is 10.1 Å². The smallest absolute Gasteiger partial charge is 0.261 e. The van der Waals surface area contributed by atoms with Gasteiger partial charge in [-0.15, -0.1) is 0 Å². The minimum absolute atomic E-state index is 0.336. The molecule has 2 aromatic rings. The highest BCUT2D eigenvalue weighted by atomic mass is 16.5. The molecule has 3 rings (SSSR count). The molecule has 0 aliphatic heterocycles. The van der Waals surface area contributed by atoms with E-state index in [0.717, 1.165) is 18.4 Å². The summed E-state index contributed by atoms with van der Waals surface area (Å²) in [4.78, 5) is 4.35. The first kappa shape index (κ1) is 13.3. The van der Waals surface area contributed by atoms with Crippen molar-refractivity contribution in [3.63, 3.8) is 0 Å². The lowest BCUT2D eigenvalue weighted by Gasteiger charge is -2.29. The second-order valence-corrected chi connectivity index (χ2v) is 5.61. The quantitative estimate of drug-likeness (QED) is 0.883. The molecule has 7 nitrogen and oxygen atoms in total. The Hall–Kier alpha value is -1.73. The van der Waals surface area contributed by atoms with Crippen LogP contribution in [0.4, 0.5) is 0 Å². The van der Waals surface area contributed by atoms with Crippen molar-refractivity contribution in [3.05, 3.63) is 18.2 Å². The minimum atomic E-state index is -0.750. The number of hydrogen-bond acceptors (Lipinski definition) is 6. The molecule has 0 bridgehead atoms. The Balaban J connectivity index is 1.71. The minimum Gasteiger partial charge on any atom is -0.376 e. The molecular formula is C13H19N5O2. The van der Waals surface area contributed by atoms with Gasteiger partial charge in [0.2, 0.25) is 0 Å². The Morgan fingerprint density at radius 1 is 1.55 bits per heavy atom. The van der Waals surface area contributed by atoms with Crippen LogP contribution in [0.15, 0.2) is 16.9 Å². The Morgan fingerprint density at radius 3 is 2.95 bits per heavy atom. The van der Waals surface area contributed by atoms with Gasteiger partial charge in [0.05, 0.1) is 24.5 Å². The number of ether oxygens (including phenoxy) is 1. The van der Waals surface area contributed by atoms with Crippen molar-refractivity contribution < 1.29 is 9.26 Å². The molecular weight excluding hydrogens is 258 g/mol. The summed E-state index contributed by atoms with van der Waals surface area (Å²) >= 11 is 0. The van der Waals surface area contributed by atoms with E-state index in [1.54, 1.807) is 10.9 Å². The maximum Gasteiger partial charge on any atom is 0.261 e. The number of aryl methyl sites for hydroxylation is 1. The van der Waals surface area contributed by atoms with E-state index in [2.05, 4.69) is 15.2 Å². The van der Waals surface area contributed by atoms with Crippen molar-refractivity contribution in [2.45, 2.75) is 37.8 Å². The molecule has 108 valence electrons. The summed E-state index contributed by atoms with van der Waals surface area (Å²) in [5.41, 5.74) is 6.26. The first-order chi connectivity index (χ1) is 9.54. The molecule has 1 unspecified atom stereocenters. The fourth-order valence-corrected chi connectivity index (χ4v) is 2.00. The van der Waals surface area contributed by atoms with Crippen LogP contribution in [0.3, 0.4) is 0 Å². The predicted molar refractivity (Wildman–Crippen MR) is 71.6 cm³/mol. The summed E-state index contributed by atoms with van der Waals surface area (Å²) in [7, 11) is 1.83. The molecule has 1 aliphatic carbocycles. The van der Waals surface area contributed by atoms with Crippen LogP contribution < -0.4 is 5.73 Å². The van der Waals surface area contributed by atoms with Gasteiger partial charge in [0, 0.05) is 13.2 Å². The first-order valence-corrected chi connectivity index (χ1v) is 6.78. The monoisotopic (exact) mass is 277 g/mol. The largest absolute Gasteiger partial charge is 0.376 e. The van der Waals surface area contributed by atoms with Crippen molar-refractivity contribution in [1.82, 2.24) is 19.9 Å². The third-order valence-electron chi connectivity index (χ3n) is 3.56. The van der Waals surface area contributed by atoms with Gasteiger partial charge >= 0.3 is 0 Å². The number of hydrogen-bond donors (Lipinski definition) is 1. The topological polar surface area (TPSA) is 92.0 Å². The molecule has 1 saturated carbocycles. The summed E-state index contributed by atoms with van der Waals surface area (Å²) in [6, 6.07) is 0. The van der Waals surface area contributed by atoms with Crippen LogP contribution in [0, 0.1) is 0 Å². The summed E-state index contributed by atoms with van der Waals surface area (Å²) in [6.07, 6.45) is 7.29. The standard InChI is InChI=1S/C13H19N5O2/c1-13(14,8-19-10-4-3-5-10)12-16-11(20-17-12)9-6-15-18(2)7-9/h6-7,10H,3-5,8,14H2,1-2H3. The summed E-state index contributed by atoms with van der Waals surface area (Å²) in [5.74, 6) is 0.879. The molecule has 0 radical (unpaired) electrons. The fraction of sp³-hybridized carbons (Fsp3) is 0.615. The van der Waals surface area contributed by atoms with Crippen LogP contribution in [0.5, 0.6) is 0 Å². The van der Waals surface area contributed by atoms with E-state index in [-0.39, 0.29) is 0 Å². The lowest BCUT2D eigenvalue weighted by Crippen LogP contribution is -2.41. The average molecular weight is 277 g/mol. The molecule has 1 atom stereocenters. The zero-order chi connectivity index (χ0) is 14.2. The zero-order valence-corrected chi connectivity index (χ0v) is 11.7. The molecule has 1 aliphatic rings. The number of rotatable bonds is 5. The molecule has 2 aromatic heterocycles. The van der Waals surface area contributed by atoms with Crippen LogP contribution in [-0.2, 0) is 17.3 Å². The van der Waals surface area contributed by atoms with Crippen LogP contribution >= 0.6 is 0 Å². The summed E-state index contributed by atoms with van der Waals surface area (Å²) in [6.45, 7) is 2.24. The Morgan fingerprint density at radius 2 is 2.35 bits per heavy atom. The van der Waals surface area contributed by atoms with E-state index in [9.17, 15) is 0 Å². The number of nitrogens with zero attached hydrogens (tertiary/aromatic N) is 4. The second-order valence-electron chi connectivity index (χ2n) is 5.61. The highest BCUT2D eigenvalue weighted by Crippen LogP contribution is 2.25. The molecule has 20 heavy (non-hydrogen) atoms. The van der Waals surface area contributed by atoms with Gasteiger partial charge in [-0.05, 0) is 26.2 Å². The average Bonchev–Trinajstić information content (AvgIpc) is 2.94. The van der Waals surface area contributed by atoms with Gasteiger partial charge in [-0.25, -0.2) is 0 Å². The summed E-state index contributed by atoms with van der Waals surface area (Å²) < 4.78 is 12.7.